The van der Waals surface area contributed by atoms with Crippen molar-refractivity contribution >= 4 is 49.8 Å². The van der Waals surface area contributed by atoms with E-state index in [9.17, 15) is 0 Å². The van der Waals surface area contributed by atoms with Gasteiger partial charge < -0.3 is 9.32 Å². The van der Waals surface area contributed by atoms with E-state index >= 15 is 0 Å². The molecule has 0 amide bonds. The van der Waals surface area contributed by atoms with Crippen molar-refractivity contribution in [1.82, 2.24) is 0 Å². The first-order chi connectivity index (χ1) is 23.8. The van der Waals surface area contributed by atoms with Gasteiger partial charge in [0.05, 0.1) is 5.69 Å². The number of fused-ring (bicyclic) bond motifs is 5. The number of benzene rings is 8. The SMILES string of the molecule is c1ccc(-c2ccc(-c3ccc(N(c4cccc(-c5ccccc5)c4)c4cccc5c4oc4c6ccccc6ccc54)cc3)cc2)cc1. The number of hydrogen-bond donors (Lipinski definition) is 0. The lowest BCUT2D eigenvalue weighted by Crippen LogP contribution is -2.10. The number of furan rings is 1. The molecule has 2 nitrogen and oxygen atoms in total. The van der Waals surface area contributed by atoms with E-state index in [0.29, 0.717) is 0 Å². The highest BCUT2D eigenvalue weighted by Crippen LogP contribution is 2.44. The summed E-state index contributed by atoms with van der Waals surface area (Å²) in [4.78, 5) is 2.32. The lowest BCUT2D eigenvalue weighted by Gasteiger charge is -2.26. The maximum absolute atomic E-state index is 6.83. The summed E-state index contributed by atoms with van der Waals surface area (Å²) in [5.74, 6) is 0. The largest absolute Gasteiger partial charge is 0.453 e. The maximum Gasteiger partial charge on any atom is 0.159 e. The van der Waals surface area contributed by atoms with Gasteiger partial charge in [0.2, 0.25) is 0 Å². The molecule has 0 saturated carbocycles. The second kappa shape index (κ2) is 11.8. The standard InChI is InChI=1S/C46H31NO/c1-3-11-32(12-4-1)34-21-23-35(24-22-34)36-25-28-39(29-26-36)47(40-17-9-16-38(31-40)33-13-5-2-6-14-33)44-20-10-19-42-43-30-27-37-15-7-8-18-41(37)45(43)48-46(42)44/h1-31H. The van der Waals surface area contributed by atoms with Crippen LogP contribution in [0.15, 0.2) is 192 Å². The molecule has 0 N–H and O–H groups in total. The molecule has 8 aromatic carbocycles. The van der Waals surface area contributed by atoms with Gasteiger partial charge in [-0.3, -0.25) is 0 Å². The fourth-order valence-corrected chi connectivity index (χ4v) is 6.86. The third kappa shape index (κ3) is 4.92. The molecule has 0 saturated heterocycles. The van der Waals surface area contributed by atoms with E-state index < -0.39 is 0 Å². The summed E-state index contributed by atoms with van der Waals surface area (Å²) in [6.07, 6.45) is 0. The third-order valence-corrected chi connectivity index (χ3v) is 9.27. The molecule has 48 heavy (non-hydrogen) atoms. The van der Waals surface area contributed by atoms with E-state index in [4.69, 9.17) is 4.42 Å². The predicted molar refractivity (Wildman–Crippen MR) is 202 cm³/mol. The fraction of sp³-hybridized carbons (Fsp3) is 0. The lowest BCUT2D eigenvalue weighted by atomic mass is 10.00. The first kappa shape index (κ1) is 27.9. The number of hydrogen-bond acceptors (Lipinski definition) is 2. The molecule has 0 bridgehead atoms. The van der Waals surface area contributed by atoms with Crippen LogP contribution in [0.2, 0.25) is 0 Å². The number of nitrogens with zero attached hydrogens (tertiary/aromatic N) is 1. The summed E-state index contributed by atoms with van der Waals surface area (Å²) in [5.41, 5.74) is 12.0. The van der Waals surface area contributed by atoms with Gasteiger partial charge in [0, 0.05) is 27.5 Å². The lowest BCUT2D eigenvalue weighted by molar-refractivity contribution is 0.673. The highest BCUT2D eigenvalue weighted by molar-refractivity contribution is 6.17. The van der Waals surface area contributed by atoms with Crippen molar-refractivity contribution in [2.75, 3.05) is 4.90 Å². The minimum atomic E-state index is 0.870. The molecule has 1 aromatic heterocycles. The zero-order valence-corrected chi connectivity index (χ0v) is 26.3. The van der Waals surface area contributed by atoms with Crippen molar-refractivity contribution in [2.24, 2.45) is 0 Å². The number of rotatable bonds is 6. The van der Waals surface area contributed by atoms with Gasteiger partial charge >= 0.3 is 0 Å². The molecule has 2 heteroatoms. The average Bonchev–Trinajstić information content (AvgIpc) is 3.56. The highest BCUT2D eigenvalue weighted by Gasteiger charge is 2.20. The Balaban J connectivity index is 1.18. The van der Waals surface area contributed by atoms with Gasteiger partial charge in [0.15, 0.2) is 5.58 Å². The molecular formula is C46H31NO. The average molecular weight is 614 g/mol. The molecule has 0 aliphatic carbocycles. The molecular weight excluding hydrogens is 583 g/mol. The van der Waals surface area contributed by atoms with Crippen LogP contribution in [0.25, 0.3) is 66.1 Å². The predicted octanol–water partition coefficient (Wildman–Crippen LogP) is 13.2. The van der Waals surface area contributed by atoms with Crippen molar-refractivity contribution in [1.29, 1.82) is 0 Å². The van der Waals surface area contributed by atoms with Gasteiger partial charge in [-0.15, -0.1) is 0 Å². The first-order valence-electron chi connectivity index (χ1n) is 16.3. The molecule has 0 spiro atoms. The van der Waals surface area contributed by atoms with Gasteiger partial charge in [-0.25, -0.2) is 0 Å². The Morgan fingerprint density at radius 2 is 0.833 bits per heavy atom. The molecule has 9 rings (SSSR count). The smallest absolute Gasteiger partial charge is 0.159 e. The van der Waals surface area contributed by atoms with Crippen LogP contribution < -0.4 is 4.90 Å². The summed E-state index contributed by atoms with van der Waals surface area (Å²) >= 11 is 0. The van der Waals surface area contributed by atoms with E-state index in [2.05, 4.69) is 193 Å². The van der Waals surface area contributed by atoms with Crippen LogP contribution in [-0.2, 0) is 0 Å². The minimum Gasteiger partial charge on any atom is -0.453 e. The second-order valence-corrected chi connectivity index (χ2v) is 12.2. The highest BCUT2D eigenvalue weighted by atomic mass is 16.3. The van der Waals surface area contributed by atoms with Crippen molar-refractivity contribution in [3.8, 4) is 33.4 Å². The molecule has 0 radical (unpaired) electrons. The van der Waals surface area contributed by atoms with Crippen LogP contribution in [0.3, 0.4) is 0 Å². The Kier molecular flexibility index (Phi) is 6.84. The van der Waals surface area contributed by atoms with E-state index in [-0.39, 0.29) is 0 Å². The topological polar surface area (TPSA) is 16.4 Å². The van der Waals surface area contributed by atoms with Crippen LogP contribution in [-0.4, -0.2) is 0 Å². The third-order valence-electron chi connectivity index (χ3n) is 9.27. The van der Waals surface area contributed by atoms with E-state index in [1.54, 1.807) is 0 Å². The van der Waals surface area contributed by atoms with Crippen molar-refractivity contribution in [3.05, 3.63) is 188 Å². The van der Waals surface area contributed by atoms with Gasteiger partial charge in [-0.1, -0.05) is 152 Å². The summed E-state index contributed by atoms with van der Waals surface area (Å²) in [6, 6.07) is 66.8. The summed E-state index contributed by atoms with van der Waals surface area (Å²) < 4.78 is 6.83. The normalized spacial score (nSPS) is 11.3. The van der Waals surface area contributed by atoms with Crippen LogP contribution in [0.4, 0.5) is 17.1 Å². The van der Waals surface area contributed by atoms with Crippen LogP contribution >= 0.6 is 0 Å². The Labute approximate surface area is 279 Å². The quantitative estimate of drug-likeness (QED) is 0.185. The van der Waals surface area contributed by atoms with Gasteiger partial charge in [0.25, 0.3) is 0 Å². The minimum absolute atomic E-state index is 0.870. The Morgan fingerprint density at radius 3 is 1.54 bits per heavy atom. The van der Waals surface area contributed by atoms with E-state index in [0.717, 1.165) is 50.0 Å². The molecule has 0 aliphatic rings. The number of anilines is 3. The fourth-order valence-electron chi connectivity index (χ4n) is 6.86. The van der Waals surface area contributed by atoms with Crippen LogP contribution in [0.1, 0.15) is 0 Å². The zero-order valence-electron chi connectivity index (χ0n) is 26.3. The summed E-state index contributed by atoms with van der Waals surface area (Å²) in [7, 11) is 0. The Morgan fingerprint density at radius 1 is 0.312 bits per heavy atom. The van der Waals surface area contributed by atoms with Crippen molar-refractivity contribution in [2.45, 2.75) is 0 Å². The van der Waals surface area contributed by atoms with Crippen LogP contribution in [0, 0.1) is 0 Å². The first-order valence-corrected chi connectivity index (χ1v) is 16.3. The molecule has 1 heterocycles. The van der Waals surface area contributed by atoms with Crippen LogP contribution in [0.5, 0.6) is 0 Å². The maximum atomic E-state index is 6.83. The summed E-state index contributed by atoms with van der Waals surface area (Å²) in [6.45, 7) is 0. The van der Waals surface area contributed by atoms with Gasteiger partial charge in [0.1, 0.15) is 5.58 Å². The molecule has 226 valence electrons. The molecule has 0 fully saturated rings. The van der Waals surface area contributed by atoms with Crippen molar-refractivity contribution < 1.29 is 4.42 Å². The molecule has 0 unspecified atom stereocenters. The second-order valence-electron chi connectivity index (χ2n) is 12.2. The van der Waals surface area contributed by atoms with Gasteiger partial charge in [-0.05, 0) is 75.2 Å². The Bertz CT molecular complexity index is 2530. The Hall–Kier alpha value is -6.38. The van der Waals surface area contributed by atoms with E-state index in [1.807, 2.05) is 0 Å². The summed E-state index contributed by atoms with van der Waals surface area (Å²) in [5, 5.41) is 4.52. The monoisotopic (exact) mass is 613 g/mol. The van der Waals surface area contributed by atoms with E-state index in [1.165, 1.54) is 33.2 Å². The molecule has 0 aliphatic heterocycles. The zero-order chi connectivity index (χ0) is 31.9. The molecule has 0 atom stereocenters. The molecule has 9 aromatic rings. The number of para-hydroxylation sites is 1. The van der Waals surface area contributed by atoms with Crippen molar-refractivity contribution in [3.63, 3.8) is 0 Å². The van der Waals surface area contributed by atoms with Gasteiger partial charge in [-0.2, -0.15) is 0 Å².